The maximum atomic E-state index is 10.6. The summed E-state index contributed by atoms with van der Waals surface area (Å²) in [6.07, 6.45) is 2.51. The van der Waals surface area contributed by atoms with Crippen molar-refractivity contribution < 1.29 is 0 Å². The van der Waals surface area contributed by atoms with Crippen LogP contribution in [0.5, 0.6) is 0 Å². The Hall–Kier alpha value is -1.90. The van der Waals surface area contributed by atoms with Crippen LogP contribution >= 0.6 is 0 Å². The highest BCUT2D eigenvalue weighted by Crippen LogP contribution is 2.32. The van der Waals surface area contributed by atoms with Crippen LogP contribution in [0.3, 0.4) is 0 Å². The standard InChI is InChI=1S/C15H16N2O/c18-16-11-13-7-3-5-12-6-4-8-14(15(12)13)17-9-1-2-10-17/h3-8H,1-2,9-11H2. The summed E-state index contributed by atoms with van der Waals surface area (Å²) in [6, 6.07) is 12.4. The lowest BCUT2D eigenvalue weighted by Gasteiger charge is -2.21. The largest absolute Gasteiger partial charge is 0.371 e. The first-order chi connectivity index (χ1) is 8.90. The van der Waals surface area contributed by atoms with Crippen molar-refractivity contribution >= 4 is 16.5 Å². The molecule has 3 heteroatoms. The molecule has 0 unspecified atom stereocenters. The van der Waals surface area contributed by atoms with Crippen molar-refractivity contribution in [2.45, 2.75) is 19.4 Å². The van der Waals surface area contributed by atoms with E-state index in [-0.39, 0.29) is 6.54 Å². The normalized spacial score (nSPS) is 15.2. The number of rotatable bonds is 3. The number of nitroso groups, excluding NO2 is 1. The summed E-state index contributed by atoms with van der Waals surface area (Å²) in [5, 5.41) is 5.45. The van der Waals surface area contributed by atoms with Crippen molar-refractivity contribution in [2.24, 2.45) is 5.18 Å². The van der Waals surface area contributed by atoms with Crippen LogP contribution in [-0.4, -0.2) is 13.1 Å². The van der Waals surface area contributed by atoms with Gasteiger partial charge in [0, 0.05) is 24.2 Å². The monoisotopic (exact) mass is 240 g/mol. The lowest BCUT2D eigenvalue weighted by Crippen LogP contribution is -2.18. The van der Waals surface area contributed by atoms with Gasteiger partial charge in [-0.3, -0.25) is 0 Å². The zero-order valence-electron chi connectivity index (χ0n) is 10.3. The topological polar surface area (TPSA) is 32.7 Å². The van der Waals surface area contributed by atoms with Crippen LogP contribution < -0.4 is 4.90 Å². The summed E-state index contributed by atoms with van der Waals surface area (Å²) < 4.78 is 0. The van der Waals surface area contributed by atoms with Crippen molar-refractivity contribution in [3.05, 3.63) is 46.9 Å². The molecule has 0 aromatic heterocycles. The summed E-state index contributed by atoms with van der Waals surface area (Å²) in [6.45, 7) is 2.48. The Labute approximate surface area is 106 Å². The molecule has 1 aliphatic heterocycles. The SMILES string of the molecule is O=NCc1cccc2cccc(N3CCCC3)c12. The predicted octanol–water partition coefficient (Wildman–Crippen LogP) is 3.71. The fraction of sp³-hybridized carbons (Fsp3) is 0.333. The molecular weight excluding hydrogens is 224 g/mol. The molecule has 0 aliphatic carbocycles. The van der Waals surface area contributed by atoms with E-state index < -0.39 is 0 Å². The van der Waals surface area contributed by atoms with Gasteiger partial charge in [-0.05, 0) is 29.9 Å². The van der Waals surface area contributed by atoms with Crippen LogP contribution in [0, 0.1) is 4.91 Å². The van der Waals surface area contributed by atoms with Gasteiger partial charge in [0.05, 0.1) is 0 Å². The molecular formula is C15H16N2O. The lowest BCUT2D eigenvalue weighted by molar-refractivity contribution is 0.949. The van der Waals surface area contributed by atoms with Crippen LogP contribution in [0.25, 0.3) is 10.8 Å². The van der Waals surface area contributed by atoms with Crippen molar-refractivity contribution in [2.75, 3.05) is 18.0 Å². The molecule has 1 saturated heterocycles. The third-order valence-corrected chi connectivity index (χ3v) is 3.65. The van der Waals surface area contributed by atoms with Gasteiger partial charge in [-0.2, -0.15) is 4.91 Å². The van der Waals surface area contributed by atoms with Gasteiger partial charge >= 0.3 is 0 Å². The Morgan fingerprint density at radius 1 is 1.06 bits per heavy atom. The van der Waals surface area contributed by atoms with Gasteiger partial charge in [0.1, 0.15) is 6.54 Å². The van der Waals surface area contributed by atoms with E-state index in [1.165, 1.54) is 29.3 Å². The predicted molar refractivity (Wildman–Crippen MR) is 74.9 cm³/mol. The molecule has 3 rings (SSSR count). The maximum absolute atomic E-state index is 10.6. The number of anilines is 1. The molecule has 0 spiro atoms. The van der Waals surface area contributed by atoms with E-state index in [4.69, 9.17) is 0 Å². The van der Waals surface area contributed by atoms with Crippen LogP contribution in [-0.2, 0) is 6.54 Å². The minimum absolute atomic E-state index is 0.252. The van der Waals surface area contributed by atoms with Crippen LogP contribution in [0.2, 0.25) is 0 Å². The van der Waals surface area contributed by atoms with E-state index in [9.17, 15) is 4.91 Å². The molecule has 2 aromatic carbocycles. The first-order valence-electron chi connectivity index (χ1n) is 6.45. The highest BCUT2D eigenvalue weighted by molar-refractivity contribution is 5.97. The van der Waals surface area contributed by atoms with E-state index in [0.29, 0.717) is 0 Å². The zero-order valence-corrected chi connectivity index (χ0v) is 10.3. The second-order valence-corrected chi connectivity index (χ2v) is 4.77. The summed E-state index contributed by atoms with van der Waals surface area (Å²) >= 11 is 0. The average molecular weight is 240 g/mol. The fourth-order valence-electron chi connectivity index (χ4n) is 2.82. The van der Waals surface area contributed by atoms with E-state index >= 15 is 0 Å². The first kappa shape index (κ1) is 11.2. The summed E-state index contributed by atoms with van der Waals surface area (Å²) in [5.74, 6) is 0. The minimum Gasteiger partial charge on any atom is -0.371 e. The molecule has 3 nitrogen and oxygen atoms in total. The molecule has 0 saturated carbocycles. The molecule has 2 aromatic rings. The second-order valence-electron chi connectivity index (χ2n) is 4.77. The van der Waals surface area contributed by atoms with E-state index in [2.05, 4.69) is 34.3 Å². The number of hydrogen-bond acceptors (Lipinski definition) is 3. The third-order valence-electron chi connectivity index (χ3n) is 3.65. The zero-order chi connectivity index (χ0) is 12.4. The number of benzene rings is 2. The fourth-order valence-corrected chi connectivity index (χ4v) is 2.82. The molecule has 0 radical (unpaired) electrons. The van der Waals surface area contributed by atoms with Gasteiger partial charge in [0.2, 0.25) is 0 Å². The van der Waals surface area contributed by atoms with Crippen LogP contribution in [0.4, 0.5) is 5.69 Å². The van der Waals surface area contributed by atoms with Crippen LogP contribution in [0.1, 0.15) is 18.4 Å². The third kappa shape index (κ3) is 1.86. The lowest BCUT2D eigenvalue weighted by atomic mass is 10.0. The molecule has 0 amide bonds. The van der Waals surface area contributed by atoms with Gasteiger partial charge < -0.3 is 4.90 Å². The van der Waals surface area contributed by atoms with E-state index in [1.54, 1.807) is 0 Å². The Balaban J connectivity index is 2.20. The molecule has 1 fully saturated rings. The molecule has 18 heavy (non-hydrogen) atoms. The number of hydrogen-bond donors (Lipinski definition) is 0. The summed E-state index contributed by atoms with van der Waals surface area (Å²) in [7, 11) is 0. The van der Waals surface area contributed by atoms with Gasteiger partial charge in [0.25, 0.3) is 0 Å². The Morgan fingerprint density at radius 3 is 2.50 bits per heavy atom. The second kappa shape index (κ2) is 4.77. The molecule has 92 valence electrons. The Morgan fingerprint density at radius 2 is 1.78 bits per heavy atom. The van der Waals surface area contributed by atoms with E-state index in [0.717, 1.165) is 18.7 Å². The minimum atomic E-state index is 0.252. The highest BCUT2D eigenvalue weighted by atomic mass is 16.3. The molecule has 0 bridgehead atoms. The van der Waals surface area contributed by atoms with Crippen molar-refractivity contribution in [1.82, 2.24) is 0 Å². The van der Waals surface area contributed by atoms with Crippen molar-refractivity contribution in [1.29, 1.82) is 0 Å². The smallest absolute Gasteiger partial charge is 0.107 e. The van der Waals surface area contributed by atoms with Gasteiger partial charge in [-0.1, -0.05) is 35.5 Å². The van der Waals surface area contributed by atoms with E-state index in [1.807, 2.05) is 12.1 Å². The van der Waals surface area contributed by atoms with Gasteiger partial charge in [-0.15, -0.1) is 0 Å². The molecule has 0 N–H and O–H groups in total. The van der Waals surface area contributed by atoms with Crippen molar-refractivity contribution in [3.63, 3.8) is 0 Å². The first-order valence-corrected chi connectivity index (χ1v) is 6.45. The average Bonchev–Trinajstić information content (AvgIpc) is 2.92. The maximum Gasteiger partial charge on any atom is 0.107 e. The molecule has 1 heterocycles. The van der Waals surface area contributed by atoms with Crippen LogP contribution in [0.15, 0.2) is 41.6 Å². The number of fused-ring (bicyclic) bond motifs is 1. The number of nitrogens with zero attached hydrogens (tertiary/aromatic N) is 2. The van der Waals surface area contributed by atoms with Gasteiger partial charge in [0.15, 0.2) is 0 Å². The Kier molecular flexibility index (Phi) is 2.97. The van der Waals surface area contributed by atoms with Crippen molar-refractivity contribution in [3.8, 4) is 0 Å². The quantitative estimate of drug-likeness (QED) is 0.766. The molecule has 1 aliphatic rings. The Bertz CT molecular complexity index is 568. The van der Waals surface area contributed by atoms with Gasteiger partial charge in [-0.25, -0.2) is 0 Å². The molecule has 0 atom stereocenters. The summed E-state index contributed by atoms with van der Waals surface area (Å²) in [5.41, 5.74) is 2.29. The summed E-state index contributed by atoms with van der Waals surface area (Å²) in [4.78, 5) is 13.0. The highest BCUT2D eigenvalue weighted by Gasteiger charge is 2.16.